The van der Waals surface area contributed by atoms with Crippen molar-refractivity contribution in [3.63, 3.8) is 0 Å². The fourth-order valence-corrected chi connectivity index (χ4v) is 4.34. The van der Waals surface area contributed by atoms with Crippen LogP contribution in [-0.2, 0) is 0 Å². The van der Waals surface area contributed by atoms with Gasteiger partial charge in [-0.25, -0.2) is 24.7 Å². The first kappa shape index (κ1) is 25.6. The van der Waals surface area contributed by atoms with Crippen molar-refractivity contribution in [3.05, 3.63) is 36.7 Å². The quantitative estimate of drug-likeness (QED) is 0.541. The highest BCUT2D eigenvalue weighted by Crippen LogP contribution is 2.27. The molecule has 194 valence electrons. The maximum Gasteiger partial charge on any atom is 0.389 e. The standard InChI is InChI=1S/C24H30F3N7O2/c1-3-34-16(2)18-13-19(30-15-29-18)20-14-33-11-10-28-21(33)22(32-20)36-12-6-4-5-7-17(31-23(34)35)8-9-24(25,26)27/h10-11,13-17H,3-9,12H2,1-2H3,(H,31,35)/t16?,17-/m1/s1. The van der Waals surface area contributed by atoms with Crippen molar-refractivity contribution in [3.8, 4) is 17.3 Å². The zero-order valence-corrected chi connectivity index (χ0v) is 20.3. The van der Waals surface area contributed by atoms with Gasteiger partial charge in [0.25, 0.3) is 5.88 Å². The molecule has 0 saturated heterocycles. The molecule has 1 aliphatic heterocycles. The average molecular weight is 506 g/mol. The highest BCUT2D eigenvalue weighted by Gasteiger charge is 2.30. The molecule has 0 radical (unpaired) electrons. The topological polar surface area (TPSA) is 97.5 Å². The Morgan fingerprint density at radius 1 is 1.17 bits per heavy atom. The van der Waals surface area contributed by atoms with Crippen LogP contribution in [0, 0.1) is 0 Å². The zero-order valence-electron chi connectivity index (χ0n) is 20.3. The Hall–Kier alpha value is -3.44. The monoisotopic (exact) mass is 505 g/mol. The van der Waals surface area contributed by atoms with Gasteiger partial charge >= 0.3 is 12.2 Å². The van der Waals surface area contributed by atoms with E-state index in [1.54, 1.807) is 29.6 Å². The maximum absolute atomic E-state index is 13.1. The molecule has 0 aromatic carbocycles. The van der Waals surface area contributed by atoms with Crippen LogP contribution >= 0.6 is 0 Å². The van der Waals surface area contributed by atoms with Gasteiger partial charge in [-0.1, -0.05) is 6.42 Å². The molecule has 1 unspecified atom stereocenters. The fraction of sp³-hybridized carbons (Fsp3) is 0.542. The number of urea groups is 1. The van der Waals surface area contributed by atoms with Crippen molar-refractivity contribution in [2.24, 2.45) is 0 Å². The van der Waals surface area contributed by atoms with E-state index in [1.807, 2.05) is 18.2 Å². The van der Waals surface area contributed by atoms with Crippen LogP contribution in [-0.4, -0.2) is 60.6 Å². The largest absolute Gasteiger partial charge is 0.475 e. The Morgan fingerprint density at radius 2 is 2.00 bits per heavy atom. The minimum Gasteiger partial charge on any atom is -0.475 e. The van der Waals surface area contributed by atoms with Crippen molar-refractivity contribution in [2.75, 3.05) is 13.2 Å². The number of hydrogen-bond donors (Lipinski definition) is 1. The zero-order chi connectivity index (χ0) is 25.7. The molecule has 12 heteroatoms. The number of carbonyl (C=O) groups excluding carboxylic acids is 1. The lowest BCUT2D eigenvalue weighted by molar-refractivity contribution is -0.136. The second kappa shape index (κ2) is 11.1. The van der Waals surface area contributed by atoms with Crippen molar-refractivity contribution in [2.45, 2.75) is 70.6 Å². The third-order valence-corrected chi connectivity index (χ3v) is 6.33. The molecule has 2 amide bonds. The highest BCUT2D eigenvalue weighted by atomic mass is 19.4. The van der Waals surface area contributed by atoms with Crippen LogP contribution in [0.3, 0.4) is 0 Å². The molecular weight excluding hydrogens is 475 g/mol. The molecule has 0 spiro atoms. The van der Waals surface area contributed by atoms with E-state index in [0.717, 1.165) is 6.42 Å². The molecule has 4 bridgehead atoms. The van der Waals surface area contributed by atoms with Gasteiger partial charge in [-0.05, 0) is 45.6 Å². The molecule has 3 aromatic heterocycles. The summed E-state index contributed by atoms with van der Waals surface area (Å²) in [5.74, 6) is 0.380. The predicted molar refractivity (Wildman–Crippen MR) is 126 cm³/mol. The molecule has 4 heterocycles. The highest BCUT2D eigenvalue weighted by molar-refractivity contribution is 5.75. The van der Waals surface area contributed by atoms with Gasteiger partial charge in [0.2, 0.25) is 5.65 Å². The van der Waals surface area contributed by atoms with Crippen molar-refractivity contribution in [1.29, 1.82) is 0 Å². The number of imidazole rings is 1. The molecule has 0 saturated carbocycles. The molecule has 36 heavy (non-hydrogen) atoms. The van der Waals surface area contributed by atoms with Gasteiger partial charge in [-0.15, -0.1) is 0 Å². The summed E-state index contributed by atoms with van der Waals surface area (Å²) in [6, 6.07) is 0.321. The Kier molecular flexibility index (Phi) is 7.90. The number of nitrogens with zero attached hydrogens (tertiary/aromatic N) is 6. The van der Waals surface area contributed by atoms with Gasteiger partial charge in [0, 0.05) is 37.6 Å². The van der Waals surface area contributed by atoms with E-state index in [1.165, 1.54) is 6.33 Å². The second-order valence-electron chi connectivity index (χ2n) is 8.88. The van der Waals surface area contributed by atoms with E-state index in [2.05, 4.69) is 25.3 Å². The lowest BCUT2D eigenvalue weighted by Gasteiger charge is -2.30. The third kappa shape index (κ3) is 6.21. The number of aromatic nitrogens is 5. The van der Waals surface area contributed by atoms with Gasteiger partial charge in [0.05, 0.1) is 24.0 Å². The van der Waals surface area contributed by atoms with Crippen LogP contribution in [0.15, 0.2) is 31.0 Å². The van der Waals surface area contributed by atoms with Gasteiger partial charge in [-0.3, -0.25) is 0 Å². The third-order valence-electron chi connectivity index (χ3n) is 6.33. The van der Waals surface area contributed by atoms with Crippen molar-refractivity contribution < 1.29 is 22.7 Å². The maximum atomic E-state index is 13.1. The van der Waals surface area contributed by atoms with E-state index in [9.17, 15) is 18.0 Å². The Bertz CT molecular complexity index is 1180. The lowest BCUT2D eigenvalue weighted by atomic mass is 10.0. The number of amides is 2. The first-order chi connectivity index (χ1) is 17.2. The number of nitrogens with one attached hydrogen (secondary N) is 1. The molecule has 3 aromatic rings. The van der Waals surface area contributed by atoms with E-state index in [4.69, 9.17) is 4.74 Å². The number of alkyl halides is 3. The number of fused-ring (bicyclic) bond motifs is 7. The summed E-state index contributed by atoms with van der Waals surface area (Å²) in [4.78, 5) is 32.4. The summed E-state index contributed by atoms with van der Waals surface area (Å²) in [6.07, 6.45) is 3.82. The first-order valence-corrected chi connectivity index (χ1v) is 12.2. The molecule has 0 fully saturated rings. The lowest BCUT2D eigenvalue weighted by Crippen LogP contribution is -2.46. The fourth-order valence-electron chi connectivity index (χ4n) is 4.34. The minimum absolute atomic E-state index is 0.164. The van der Waals surface area contributed by atoms with Gasteiger partial charge in [0.1, 0.15) is 12.0 Å². The van der Waals surface area contributed by atoms with Crippen molar-refractivity contribution in [1.82, 2.24) is 34.6 Å². The Morgan fingerprint density at radius 3 is 2.78 bits per heavy atom. The number of rotatable bonds is 3. The van der Waals surface area contributed by atoms with Crippen molar-refractivity contribution >= 4 is 11.7 Å². The smallest absolute Gasteiger partial charge is 0.389 e. The minimum atomic E-state index is -4.28. The molecule has 0 aliphatic carbocycles. The molecule has 1 aliphatic rings. The van der Waals surface area contributed by atoms with E-state index in [0.29, 0.717) is 61.0 Å². The summed E-state index contributed by atoms with van der Waals surface area (Å²) in [5.41, 5.74) is 2.29. The SMILES string of the molecule is CCN1C(=O)N[C@@H](CCC(F)(F)F)CCCCCOc2nc(cn3ccnc23)-c2cc(ncn2)C1C. The molecule has 4 rings (SSSR count). The van der Waals surface area contributed by atoms with Crippen LogP contribution in [0.1, 0.15) is 64.1 Å². The summed E-state index contributed by atoms with van der Waals surface area (Å²) >= 11 is 0. The van der Waals surface area contributed by atoms with Gasteiger partial charge in [0.15, 0.2) is 0 Å². The number of hydrogen-bond acceptors (Lipinski definition) is 6. The van der Waals surface area contributed by atoms with Crippen LogP contribution in [0.25, 0.3) is 17.0 Å². The van der Waals surface area contributed by atoms with Crippen LogP contribution in [0.4, 0.5) is 18.0 Å². The molecule has 9 nitrogen and oxygen atoms in total. The summed E-state index contributed by atoms with van der Waals surface area (Å²) in [7, 11) is 0. The number of halogens is 3. The summed E-state index contributed by atoms with van der Waals surface area (Å²) in [5, 5.41) is 2.84. The van der Waals surface area contributed by atoms with Gasteiger partial charge < -0.3 is 19.4 Å². The Labute approximate surface area is 207 Å². The van der Waals surface area contributed by atoms with Crippen LogP contribution < -0.4 is 10.1 Å². The van der Waals surface area contributed by atoms with Crippen LogP contribution in [0.5, 0.6) is 5.88 Å². The second-order valence-corrected chi connectivity index (χ2v) is 8.88. The predicted octanol–water partition coefficient (Wildman–Crippen LogP) is 4.94. The molecule has 1 N–H and O–H groups in total. The number of ether oxygens (including phenoxy) is 1. The average Bonchev–Trinajstić information content (AvgIpc) is 3.33. The molecule has 2 atom stereocenters. The normalized spacial score (nSPS) is 20.0. The summed E-state index contributed by atoms with van der Waals surface area (Å²) in [6.45, 7) is 4.39. The first-order valence-electron chi connectivity index (χ1n) is 12.2. The van der Waals surface area contributed by atoms with Crippen LogP contribution in [0.2, 0.25) is 0 Å². The Balaban J connectivity index is 1.66. The molecular formula is C24H30F3N7O2. The van der Waals surface area contributed by atoms with E-state index in [-0.39, 0.29) is 6.42 Å². The summed E-state index contributed by atoms with van der Waals surface area (Å²) < 4.78 is 46.5. The van der Waals surface area contributed by atoms with E-state index < -0.39 is 30.7 Å². The number of carbonyl (C=O) groups is 1. The van der Waals surface area contributed by atoms with E-state index >= 15 is 0 Å². The van der Waals surface area contributed by atoms with Gasteiger partial charge in [-0.2, -0.15) is 13.2 Å².